The summed E-state index contributed by atoms with van der Waals surface area (Å²) < 4.78 is 0. The highest BCUT2D eigenvalue weighted by Gasteiger charge is 2.33. The number of aliphatic hydroxyl groups is 1. The van der Waals surface area contributed by atoms with Gasteiger partial charge in [-0.2, -0.15) is 0 Å². The number of rotatable bonds is 15. The minimum Gasteiger partial charge on any atom is -0.481 e. The Hall–Kier alpha value is -4.50. The zero-order valence-electron chi connectivity index (χ0n) is 21.0. The molecule has 0 saturated heterocycles. The fourth-order valence-electron chi connectivity index (χ4n) is 3.76. The van der Waals surface area contributed by atoms with Crippen molar-refractivity contribution >= 4 is 46.5 Å². The van der Waals surface area contributed by atoms with Gasteiger partial charge in [-0.1, -0.05) is 18.2 Å². The monoisotopic (exact) mass is 548 g/mol. The summed E-state index contributed by atoms with van der Waals surface area (Å²) in [5.74, 6) is -6.82. The first-order valence-electron chi connectivity index (χ1n) is 11.9. The van der Waals surface area contributed by atoms with Crippen LogP contribution in [-0.2, 0) is 35.2 Å². The highest BCUT2D eigenvalue weighted by molar-refractivity contribution is 5.95. The van der Waals surface area contributed by atoms with E-state index in [-0.39, 0.29) is 19.3 Å². The highest BCUT2D eigenvalue weighted by atomic mass is 16.4. The lowest BCUT2D eigenvalue weighted by Crippen LogP contribution is -2.60. The predicted octanol–water partition coefficient (Wildman–Crippen LogP) is -2.30. The maximum absolute atomic E-state index is 13.0. The van der Waals surface area contributed by atoms with Gasteiger partial charge in [0.15, 0.2) is 0 Å². The van der Waals surface area contributed by atoms with Crippen molar-refractivity contribution < 1.29 is 44.1 Å². The number of carboxylic acids is 2. The van der Waals surface area contributed by atoms with Crippen LogP contribution in [0.3, 0.4) is 0 Å². The molecule has 2 rings (SSSR count). The third-order valence-electron chi connectivity index (χ3n) is 5.82. The van der Waals surface area contributed by atoms with Crippen molar-refractivity contribution in [2.75, 3.05) is 0 Å². The molecule has 0 radical (unpaired) electrons. The second-order valence-electron chi connectivity index (χ2n) is 8.96. The molecule has 15 heteroatoms. The van der Waals surface area contributed by atoms with Crippen LogP contribution in [0.4, 0.5) is 0 Å². The number of hydrogen-bond acceptors (Lipinski definition) is 8. The number of primary amides is 1. The normalized spacial score (nSPS) is 14.8. The van der Waals surface area contributed by atoms with Gasteiger partial charge in [0.25, 0.3) is 0 Å². The summed E-state index contributed by atoms with van der Waals surface area (Å²) in [6, 6.07) is 1.31. The van der Waals surface area contributed by atoms with Gasteiger partial charge in [-0.05, 0) is 31.4 Å². The Balaban J connectivity index is 2.14. The number of fused-ring (bicyclic) bond motifs is 1. The van der Waals surface area contributed by atoms with Crippen LogP contribution in [0.2, 0.25) is 0 Å². The number of para-hydroxylation sites is 1. The van der Waals surface area contributed by atoms with Crippen LogP contribution >= 0.6 is 0 Å². The third-order valence-corrected chi connectivity index (χ3v) is 5.82. The molecule has 1 aromatic carbocycles. The smallest absolute Gasteiger partial charge is 0.326 e. The number of H-pyrrole nitrogens is 1. The molecule has 0 bridgehead atoms. The van der Waals surface area contributed by atoms with Crippen LogP contribution < -0.4 is 27.4 Å². The topological polar surface area (TPSA) is 267 Å². The summed E-state index contributed by atoms with van der Waals surface area (Å²) in [5, 5.41) is 35.5. The molecule has 0 aliphatic heterocycles. The van der Waals surface area contributed by atoms with E-state index in [1.54, 1.807) is 6.20 Å². The number of nitrogens with one attached hydrogen (secondary N) is 4. The Kier molecular flexibility index (Phi) is 10.9. The zero-order chi connectivity index (χ0) is 29.3. The van der Waals surface area contributed by atoms with E-state index in [1.807, 2.05) is 29.6 Å². The number of aliphatic hydroxyl groups excluding tert-OH is 1. The zero-order valence-corrected chi connectivity index (χ0v) is 21.0. The van der Waals surface area contributed by atoms with Crippen LogP contribution in [0.5, 0.6) is 0 Å². The first-order chi connectivity index (χ1) is 18.3. The van der Waals surface area contributed by atoms with Crippen LogP contribution in [0, 0.1) is 0 Å². The summed E-state index contributed by atoms with van der Waals surface area (Å²) in [5.41, 5.74) is 12.8. The van der Waals surface area contributed by atoms with Crippen molar-refractivity contribution in [1.29, 1.82) is 0 Å². The number of aliphatic carboxylic acids is 2. The molecule has 212 valence electrons. The quantitative estimate of drug-likeness (QED) is 0.115. The van der Waals surface area contributed by atoms with Crippen molar-refractivity contribution in [1.82, 2.24) is 20.9 Å². The second-order valence-corrected chi connectivity index (χ2v) is 8.96. The van der Waals surface area contributed by atoms with Gasteiger partial charge in [0.05, 0.1) is 18.6 Å². The fraction of sp³-hybridized carbons (Fsp3) is 0.417. The molecule has 5 atom stereocenters. The lowest BCUT2D eigenvalue weighted by molar-refractivity contribution is -0.148. The maximum Gasteiger partial charge on any atom is 0.326 e. The summed E-state index contributed by atoms with van der Waals surface area (Å²) in [4.78, 5) is 75.0. The first kappa shape index (κ1) is 30.7. The molecule has 11 N–H and O–H groups in total. The minimum absolute atomic E-state index is 0.110. The van der Waals surface area contributed by atoms with Crippen LogP contribution in [0.15, 0.2) is 30.5 Å². The van der Waals surface area contributed by atoms with Crippen molar-refractivity contribution in [2.24, 2.45) is 11.5 Å². The van der Waals surface area contributed by atoms with E-state index in [0.29, 0.717) is 0 Å². The van der Waals surface area contributed by atoms with Crippen LogP contribution in [0.1, 0.15) is 31.7 Å². The first-order valence-corrected chi connectivity index (χ1v) is 11.9. The standard InChI is InChI=1S/C24H32N6O9/c1-11(31)20(23(37)29-17(24(38)39)9-19(33)34)30-22(36)16(6-7-18(26)32)28-21(35)14(25)8-12-10-27-15-5-3-2-4-13(12)15/h2-5,10-11,14,16-17,20,27,31H,6-9,25H2,1H3,(H2,26,32)(H,28,35)(H,29,37)(H,30,36)(H,33,34)(H,38,39). The van der Waals surface area contributed by atoms with Gasteiger partial charge in [-0.3, -0.25) is 24.0 Å². The van der Waals surface area contributed by atoms with Gasteiger partial charge < -0.3 is 47.7 Å². The molecule has 39 heavy (non-hydrogen) atoms. The highest BCUT2D eigenvalue weighted by Crippen LogP contribution is 2.18. The van der Waals surface area contributed by atoms with E-state index in [4.69, 9.17) is 21.7 Å². The molecule has 0 spiro atoms. The van der Waals surface area contributed by atoms with E-state index < -0.39 is 72.3 Å². The average Bonchev–Trinajstić information content (AvgIpc) is 3.26. The Morgan fingerprint density at radius 3 is 2.18 bits per heavy atom. The van der Waals surface area contributed by atoms with E-state index in [9.17, 15) is 33.9 Å². The Labute approximate surface area is 222 Å². The molecule has 5 unspecified atom stereocenters. The summed E-state index contributed by atoms with van der Waals surface area (Å²) in [7, 11) is 0. The van der Waals surface area contributed by atoms with Crippen LogP contribution in [0.25, 0.3) is 10.9 Å². The lowest BCUT2D eigenvalue weighted by Gasteiger charge is -2.26. The third kappa shape index (κ3) is 9.08. The number of carbonyl (C=O) groups is 6. The average molecular weight is 549 g/mol. The molecular formula is C24H32N6O9. The van der Waals surface area contributed by atoms with E-state index >= 15 is 0 Å². The number of aromatic amines is 1. The summed E-state index contributed by atoms with van der Waals surface area (Å²) >= 11 is 0. The van der Waals surface area contributed by atoms with Crippen molar-refractivity contribution in [3.05, 3.63) is 36.0 Å². The van der Waals surface area contributed by atoms with Gasteiger partial charge in [0.2, 0.25) is 23.6 Å². The van der Waals surface area contributed by atoms with Crippen molar-refractivity contribution in [3.63, 3.8) is 0 Å². The molecule has 0 aliphatic carbocycles. The molecule has 4 amide bonds. The number of aromatic nitrogens is 1. The Bertz CT molecular complexity index is 1230. The molecule has 0 fully saturated rings. The SMILES string of the molecule is CC(O)C(NC(=O)C(CCC(N)=O)NC(=O)C(N)Cc1c[nH]c2ccccc12)C(=O)NC(CC(=O)O)C(=O)O. The molecule has 0 aliphatic rings. The van der Waals surface area contributed by atoms with E-state index in [0.717, 1.165) is 23.4 Å². The number of carboxylic acid groups (broad SMARTS) is 2. The van der Waals surface area contributed by atoms with Gasteiger partial charge in [-0.15, -0.1) is 0 Å². The maximum atomic E-state index is 13.0. The van der Waals surface area contributed by atoms with Crippen molar-refractivity contribution in [2.45, 2.75) is 62.9 Å². The Morgan fingerprint density at radius 2 is 1.59 bits per heavy atom. The lowest BCUT2D eigenvalue weighted by atomic mass is 10.0. The number of hydrogen-bond donors (Lipinski definition) is 9. The second kappa shape index (κ2) is 13.9. The largest absolute Gasteiger partial charge is 0.481 e. The molecule has 2 aromatic rings. The number of nitrogens with two attached hydrogens (primary N) is 2. The van der Waals surface area contributed by atoms with Crippen LogP contribution in [-0.4, -0.2) is 86.1 Å². The van der Waals surface area contributed by atoms with E-state index in [2.05, 4.69) is 15.6 Å². The molecule has 0 saturated carbocycles. The molecule has 15 nitrogen and oxygen atoms in total. The molecular weight excluding hydrogens is 516 g/mol. The van der Waals surface area contributed by atoms with Crippen molar-refractivity contribution in [3.8, 4) is 0 Å². The Morgan fingerprint density at radius 1 is 0.949 bits per heavy atom. The van der Waals surface area contributed by atoms with Gasteiger partial charge >= 0.3 is 11.9 Å². The summed E-state index contributed by atoms with van der Waals surface area (Å²) in [6.07, 6.45) is -1.27. The minimum atomic E-state index is -1.83. The van der Waals surface area contributed by atoms with Gasteiger partial charge in [0.1, 0.15) is 18.1 Å². The number of amides is 4. The number of benzene rings is 1. The molecule has 1 heterocycles. The van der Waals surface area contributed by atoms with Gasteiger partial charge in [-0.25, -0.2) is 4.79 Å². The number of carbonyl (C=O) groups excluding carboxylic acids is 4. The molecule has 1 aromatic heterocycles. The van der Waals surface area contributed by atoms with Gasteiger partial charge in [0, 0.05) is 23.5 Å². The van der Waals surface area contributed by atoms with E-state index in [1.165, 1.54) is 0 Å². The predicted molar refractivity (Wildman–Crippen MR) is 136 cm³/mol. The fourth-order valence-corrected chi connectivity index (χ4v) is 3.76. The summed E-state index contributed by atoms with van der Waals surface area (Å²) in [6.45, 7) is 1.13.